The van der Waals surface area contributed by atoms with Crippen molar-refractivity contribution in [1.29, 1.82) is 0 Å². The molecule has 0 saturated heterocycles. The summed E-state index contributed by atoms with van der Waals surface area (Å²) in [7, 11) is 0. The van der Waals surface area contributed by atoms with Gasteiger partial charge in [-0.2, -0.15) is 0 Å². The number of anilines is 2. The average Bonchev–Trinajstić information content (AvgIpc) is 2.64. The second kappa shape index (κ2) is 9.78. The Kier molecular flexibility index (Phi) is 7.42. The van der Waals surface area contributed by atoms with E-state index in [4.69, 9.17) is 4.74 Å². The molecule has 0 saturated carbocycles. The molecule has 154 valence electrons. The molecule has 2 amide bonds. The number of nitrogens with one attached hydrogen (secondary N) is 3. The standard InChI is InChI=1S/C23H29N3O3/c1-16(2)15-29-20-12-10-18(11-13-20)24-14-21(27)25-19-8-6-17(7-9-19)22(28)26-23(3,4)5/h6-13,24H,1,14-15H2,2-5H3,(H,25,27)(H,26,28). The normalized spacial score (nSPS) is 10.8. The van der Waals surface area contributed by atoms with Gasteiger partial charge in [-0.3, -0.25) is 9.59 Å². The SMILES string of the molecule is C=C(C)COc1ccc(NCC(=O)Nc2ccc(C(=O)NC(C)(C)C)cc2)cc1. The van der Waals surface area contributed by atoms with Crippen molar-refractivity contribution in [2.24, 2.45) is 0 Å². The van der Waals surface area contributed by atoms with Gasteiger partial charge in [-0.1, -0.05) is 6.58 Å². The summed E-state index contributed by atoms with van der Waals surface area (Å²) >= 11 is 0. The fourth-order valence-corrected chi connectivity index (χ4v) is 2.38. The van der Waals surface area contributed by atoms with Crippen molar-refractivity contribution in [3.63, 3.8) is 0 Å². The van der Waals surface area contributed by atoms with Crippen LogP contribution in [0, 0.1) is 0 Å². The number of rotatable bonds is 8. The van der Waals surface area contributed by atoms with Crippen molar-refractivity contribution in [1.82, 2.24) is 5.32 Å². The first-order valence-corrected chi connectivity index (χ1v) is 9.46. The van der Waals surface area contributed by atoms with Crippen molar-refractivity contribution in [3.05, 3.63) is 66.2 Å². The number of amides is 2. The van der Waals surface area contributed by atoms with E-state index >= 15 is 0 Å². The van der Waals surface area contributed by atoms with Crippen LogP contribution in [0.5, 0.6) is 5.75 Å². The first kappa shape index (κ1) is 22.0. The predicted molar refractivity (Wildman–Crippen MR) is 118 cm³/mol. The van der Waals surface area contributed by atoms with Crippen LogP contribution >= 0.6 is 0 Å². The van der Waals surface area contributed by atoms with Crippen molar-refractivity contribution < 1.29 is 14.3 Å². The molecule has 0 heterocycles. The minimum atomic E-state index is -0.301. The number of hydrogen-bond acceptors (Lipinski definition) is 4. The summed E-state index contributed by atoms with van der Waals surface area (Å²) in [5.41, 5.74) is 2.64. The van der Waals surface area contributed by atoms with E-state index in [1.807, 2.05) is 52.0 Å². The van der Waals surface area contributed by atoms with Crippen LogP contribution in [-0.2, 0) is 4.79 Å². The van der Waals surface area contributed by atoms with Crippen LogP contribution in [-0.4, -0.2) is 30.5 Å². The largest absolute Gasteiger partial charge is 0.489 e. The van der Waals surface area contributed by atoms with Crippen LogP contribution < -0.4 is 20.7 Å². The lowest BCUT2D eigenvalue weighted by molar-refractivity contribution is -0.114. The van der Waals surface area contributed by atoms with E-state index in [0.29, 0.717) is 17.9 Å². The molecule has 0 spiro atoms. The minimum Gasteiger partial charge on any atom is -0.489 e. The lowest BCUT2D eigenvalue weighted by Crippen LogP contribution is -2.40. The summed E-state index contributed by atoms with van der Waals surface area (Å²) in [6.45, 7) is 12.1. The quantitative estimate of drug-likeness (QED) is 0.585. The van der Waals surface area contributed by atoms with Crippen molar-refractivity contribution in [2.45, 2.75) is 33.2 Å². The summed E-state index contributed by atoms with van der Waals surface area (Å²) in [6.07, 6.45) is 0. The molecular weight excluding hydrogens is 366 g/mol. The molecule has 6 heteroatoms. The Bertz CT molecular complexity index is 850. The van der Waals surface area contributed by atoms with Crippen LogP contribution in [0.15, 0.2) is 60.7 Å². The summed E-state index contributed by atoms with van der Waals surface area (Å²) in [4.78, 5) is 24.3. The molecular formula is C23H29N3O3. The second-order valence-electron chi connectivity index (χ2n) is 7.95. The molecule has 29 heavy (non-hydrogen) atoms. The van der Waals surface area contributed by atoms with E-state index in [1.54, 1.807) is 24.3 Å². The Hall–Kier alpha value is -3.28. The number of ether oxygens (including phenoxy) is 1. The monoisotopic (exact) mass is 395 g/mol. The second-order valence-corrected chi connectivity index (χ2v) is 7.95. The van der Waals surface area contributed by atoms with E-state index in [-0.39, 0.29) is 23.9 Å². The molecule has 0 unspecified atom stereocenters. The van der Waals surface area contributed by atoms with Crippen LogP contribution in [0.4, 0.5) is 11.4 Å². The van der Waals surface area contributed by atoms with Crippen LogP contribution in [0.25, 0.3) is 0 Å². The maximum absolute atomic E-state index is 12.1. The highest BCUT2D eigenvalue weighted by atomic mass is 16.5. The topological polar surface area (TPSA) is 79.5 Å². The van der Waals surface area contributed by atoms with E-state index in [9.17, 15) is 9.59 Å². The third-order valence-corrected chi connectivity index (χ3v) is 3.71. The maximum Gasteiger partial charge on any atom is 0.251 e. The van der Waals surface area contributed by atoms with Crippen molar-refractivity contribution in [3.8, 4) is 5.75 Å². The van der Waals surface area contributed by atoms with Gasteiger partial charge >= 0.3 is 0 Å². The third kappa shape index (κ3) is 8.09. The first-order chi connectivity index (χ1) is 13.6. The Balaban J connectivity index is 1.81. The lowest BCUT2D eigenvalue weighted by atomic mass is 10.1. The third-order valence-electron chi connectivity index (χ3n) is 3.71. The molecule has 0 fully saturated rings. The molecule has 0 aliphatic carbocycles. The first-order valence-electron chi connectivity index (χ1n) is 9.46. The molecule has 0 bridgehead atoms. The molecule has 0 aliphatic rings. The molecule has 0 radical (unpaired) electrons. The van der Waals surface area contributed by atoms with E-state index < -0.39 is 0 Å². The zero-order valence-corrected chi connectivity index (χ0v) is 17.5. The predicted octanol–water partition coefficient (Wildman–Crippen LogP) is 4.22. The van der Waals surface area contributed by atoms with Gasteiger partial charge in [-0.05, 0) is 81.8 Å². The van der Waals surface area contributed by atoms with Gasteiger partial charge < -0.3 is 20.7 Å². The smallest absolute Gasteiger partial charge is 0.251 e. The molecule has 2 aromatic rings. The lowest BCUT2D eigenvalue weighted by Gasteiger charge is -2.20. The fraction of sp³-hybridized carbons (Fsp3) is 0.304. The van der Waals surface area contributed by atoms with Gasteiger partial charge in [0, 0.05) is 22.5 Å². The molecule has 3 N–H and O–H groups in total. The summed E-state index contributed by atoms with van der Waals surface area (Å²) in [6, 6.07) is 14.2. The Morgan fingerprint density at radius 1 is 0.966 bits per heavy atom. The van der Waals surface area contributed by atoms with Gasteiger partial charge in [-0.15, -0.1) is 0 Å². The molecule has 2 rings (SSSR count). The van der Waals surface area contributed by atoms with E-state index in [0.717, 1.165) is 17.0 Å². The highest BCUT2D eigenvalue weighted by Gasteiger charge is 2.15. The number of carbonyl (C=O) groups excluding carboxylic acids is 2. The van der Waals surface area contributed by atoms with E-state index in [1.165, 1.54) is 0 Å². The van der Waals surface area contributed by atoms with Gasteiger partial charge in [-0.25, -0.2) is 0 Å². The molecule has 0 aromatic heterocycles. The zero-order valence-electron chi connectivity index (χ0n) is 17.5. The number of hydrogen-bond donors (Lipinski definition) is 3. The van der Waals surface area contributed by atoms with Gasteiger partial charge in [0.2, 0.25) is 5.91 Å². The van der Waals surface area contributed by atoms with Crippen LogP contribution in [0.3, 0.4) is 0 Å². The summed E-state index contributed by atoms with van der Waals surface area (Å²) < 4.78 is 5.54. The zero-order chi connectivity index (χ0) is 21.4. The summed E-state index contributed by atoms with van der Waals surface area (Å²) in [5, 5.41) is 8.77. The Morgan fingerprint density at radius 2 is 1.55 bits per heavy atom. The van der Waals surface area contributed by atoms with Crippen LogP contribution in [0.2, 0.25) is 0 Å². The van der Waals surface area contributed by atoms with Gasteiger partial charge in [0.15, 0.2) is 0 Å². The van der Waals surface area contributed by atoms with Gasteiger partial charge in [0.05, 0.1) is 6.54 Å². The number of carbonyl (C=O) groups is 2. The highest BCUT2D eigenvalue weighted by molar-refractivity contribution is 5.96. The average molecular weight is 396 g/mol. The Labute approximate surface area is 172 Å². The molecule has 0 aliphatic heterocycles. The van der Waals surface area contributed by atoms with Crippen LogP contribution in [0.1, 0.15) is 38.1 Å². The highest BCUT2D eigenvalue weighted by Crippen LogP contribution is 2.16. The van der Waals surface area contributed by atoms with Crippen molar-refractivity contribution in [2.75, 3.05) is 23.8 Å². The fourth-order valence-electron chi connectivity index (χ4n) is 2.38. The van der Waals surface area contributed by atoms with Gasteiger partial charge in [0.1, 0.15) is 12.4 Å². The number of benzene rings is 2. The summed E-state index contributed by atoms with van der Waals surface area (Å²) in [5.74, 6) is 0.422. The Morgan fingerprint density at radius 3 is 2.10 bits per heavy atom. The minimum absolute atomic E-state index is 0.123. The van der Waals surface area contributed by atoms with Gasteiger partial charge in [0.25, 0.3) is 5.91 Å². The van der Waals surface area contributed by atoms with E-state index in [2.05, 4.69) is 22.5 Å². The molecule has 2 aromatic carbocycles. The van der Waals surface area contributed by atoms with Crippen molar-refractivity contribution >= 4 is 23.2 Å². The molecule has 0 atom stereocenters. The molecule has 6 nitrogen and oxygen atoms in total. The maximum atomic E-state index is 12.1.